The summed E-state index contributed by atoms with van der Waals surface area (Å²) in [6, 6.07) is 3.45. The predicted molar refractivity (Wildman–Crippen MR) is 112 cm³/mol. The number of unbranched alkanes of at least 4 members (excludes halogenated alkanes) is 4. The van der Waals surface area contributed by atoms with Crippen molar-refractivity contribution in [1.82, 2.24) is 15.5 Å². The minimum absolute atomic E-state index is 0. The Morgan fingerprint density at radius 3 is 2.40 bits per heavy atom. The molecule has 4 nitrogen and oxygen atoms in total. The van der Waals surface area contributed by atoms with Crippen LogP contribution < -0.4 is 10.6 Å². The first-order valence-electron chi connectivity index (χ1n) is 8.56. The van der Waals surface area contributed by atoms with Crippen LogP contribution in [0.3, 0.4) is 0 Å². The van der Waals surface area contributed by atoms with Crippen LogP contribution in [0.4, 0.5) is 8.78 Å². The molecule has 0 saturated carbocycles. The molecule has 1 aromatic carbocycles. The van der Waals surface area contributed by atoms with Crippen molar-refractivity contribution in [1.29, 1.82) is 0 Å². The van der Waals surface area contributed by atoms with Gasteiger partial charge >= 0.3 is 0 Å². The Balaban J connectivity index is 0.00000576. The minimum atomic E-state index is -0.439. The van der Waals surface area contributed by atoms with Gasteiger partial charge in [0.15, 0.2) is 5.96 Å². The molecule has 0 aromatic heterocycles. The quantitative estimate of drug-likeness (QED) is 0.238. The van der Waals surface area contributed by atoms with Crippen molar-refractivity contribution in [3.05, 3.63) is 35.4 Å². The van der Waals surface area contributed by atoms with Crippen LogP contribution in [0.5, 0.6) is 0 Å². The number of nitrogens with zero attached hydrogens (tertiary/aromatic N) is 2. The van der Waals surface area contributed by atoms with Crippen molar-refractivity contribution in [2.45, 2.75) is 38.6 Å². The molecule has 7 heteroatoms. The number of benzene rings is 1. The van der Waals surface area contributed by atoms with Gasteiger partial charge in [-0.1, -0.05) is 19.3 Å². The summed E-state index contributed by atoms with van der Waals surface area (Å²) in [7, 11) is 5.86. The summed E-state index contributed by atoms with van der Waals surface area (Å²) in [5.41, 5.74) is 0.291. The number of guanidine groups is 1. The average Bonchev–Trinajstić information content (AvgIpc) is 2.55. The molecule has 25 heavy (non-hydrogen) atoms. The number of aliphatic imine (C=N–C) groups is 1. The van der Waals surface area contributed by atoms with E-state index in [1.54, 1.807) is 7.05 Å². The molecular weight excluding hydrogens is 437 g/mol. The molecule has 0 amide bonds. The highest BCUT2D eigenvalue weighted by molar-refractivity contribution is 14.0. The van der Waals surface area contributed by atoms with Crippen molar-refractivity contribution in [3.63, 3.8) is 0 Å². The molecule has 0 heterocycles. The van der Waals surface area contributed by atoms with Crippen molar-refractivity contribution < 1.29 is 8.78 Å². The van der Waals surface area contributed by atoms with E-state index >= 15 is 0 Å². The normalized spacial score (nSPS) is 11.4. The van der Waals surface area contributed by atoms with Gasteiger partial charge in [0.2, 0.25) is 0 Å². The van der Waals surface area contributed by atoms with Crippen molar-refractivity contribution in [3.8, 4) is 0 Å². The van der Waals surface area contributed by atoms with E-state index in [1.165, 1.54) is 31.7 Å². The Hall–Kier alpha value is -0.960. The van der Waals surface area contributed by atoms with E-state index in [0.29, 0.717) is 11.5 Å². The third-order valence-electron chi connectivity index (χ3n) is 3.75. The predicted octanol–water partition coefficient (Wildman–Crippen LogP) is 3.76. The third-order valence-corrected chi connectivity index (χ3v) is 3.75. The molecule has 0 aliphatic heterocycles. The molecule has 1 rings (SSSR count). The van der Waals surface area contributed by atoms with E-state index in [1.807, 2.05) is 0 Å². The van der Waals surface area contributed by atoms with E-state index in [2.05, 4.69) is 34.6 Å². The lowest BCUT2D eigenvalue weighted by Crippen LogP contribution is -2.37. The van der Waals surface area contributed by atoms with Crippen LogP contribution in [0.25, 0.3) is 0 Å². The highest BCUT2D eigenvalue weighted by Gasteiger charge is 2.05. The van der Waals surface area contributed by atoms with Crippen LogP contribution in [0.1, 0.15) is 37.7 Å². The molecule has 1 aromatic rings. The summed E-state index contributed by atoms with van der Waals surface area (Å²) in [5, 5.41) is 6.20. The van der Waals surface area contributed by atoms with Gasteiger partial charge < -0.3 is 15.5 Å². The fourth-order valence-electron chi connectivity index (χ4n) is 2.37. The van der Waals surface area contributed by atoms with Crippen LogP contribution in [0.2, 0.25) is 0 Å². The molecule has 0 bridgehead atoms. The lowest BCUT2D eigenvalue weighted by atomic mass is 10.1. The minimum Gasteiger partial charge on any atom is -0.356 e. The Bertz CT molecular complexity index is 510. The van der Waals surface area contributed by atoms with E-state index in [0.717, 1.165) is 31.6 Å². The Labute approximate surface area is 167 Å². The van der Waals surface area contributed by atoms with E-state index in [9.17, 15) is 8.78 Å². The zero-order chi connectivity index (χ0) is 17.8. The second-order valence-electron chi connectivity index (χ2n) is 6.16. The number of rotatable bonds is 10. The first-order chi connectivity index (χ1) is 11.5. The fourth-order valence-corrected chi connectivity index (χ4v) is 2.37. The van der Waals surface area contributed by atoms with Gasteiger partial charge in [0.1, 0.15) is 11.6 Å². The third kappa shape index (κ3) is 11.3. The Morgan fingerprint density at radius 1 is 1.04 bits per heavy atom. The smallest absolute Gasteiger partial charge is 0.191 e. The van der Waals surface area contributed by atoms with Crippen LogP contribution in [-0.4, -0.2) is 45.1 Å². The molecule has 0 saturated heterocycles. The first kappa shape index (κ1) is 24.0. The largest absolute Gasteiger partial charge is 0.356 e. The summed E-state index contributed by atoms with van der Waals surface area (Å²) in [5.74, 6) is -0.256. The monoisotopic (exact) mass is 468 g/mol. The van der Waals surface area contributed by atoms with Gasteiger partial charge in [-0.05, 0) is 51.7 Å². The van der Waals surface area contributed by atoms with E-state index in [4.69, 9.17) is 0 Å². The zero-order valence-corrected chi connectivity index (χ0v) is 17.8. The zero-order valence-electron chi connectivity index (χ0n) is 15.4. The summed E-state index contributed by atoms with van der Waals surface area (Å²) in [6.07, 6.45) is 5.97. The highest BCUT2D eigenvalue weighted by Crippen LogP contribution is 2.09. The van der Waals surface area contributed by atoms with Gasteiger partial charge in [-0.25, -0.2) is 8.78 Å². The Kier molecular flexibility index (Phi) is 13.7. The van der Waals surface area contributed by atoms with E-state index < -0.39 is 11.6 Å². The lowest BCUT2D eigenvalue weighted by Gasteiger charge is -2.12. The topological polar surface area (TPSA) is 39.7 Å². The van der Waals surface area contributed by atoms with Gasteiger partial charge in [0.25, 0.3) is 0 Å². The van der Waals surface area contributed by atoms with Crippen molar-refractivity contribution in [2.24, 2.45) is 4.99 Å². The fraction of sp³-hybridized carbons (Fsp3) is 0.611. The standard InChI is InChI=1S/C18H30F2N4.HI/c1-21-18(22-11-7-5-4-6-8-12-24(2)3)23-14-15-13-16(19)9-10-17(15)20;/h9-10,13H,4-8,11-12,14H2,1-3H3,(H2,21,22,23);1H. The average molecular weight is 468 g/mol. The number of nitrogens with one attached hydrogen (secondary N) is 2. The molecule has 0 atom stereocenters. The molecule has 0 radical (unpaired) electrons. The van der Waals surface area contributed by atoms with Gasteiger partial charge in [-0.2, -0.15) is 0 Å². The maximum Gasteiger partial charge on any atom is 0.191 e. The van der Waals surface area contributed by atoms with Gasteiger partial charge in [-0.3, -0.25) is 4.99 Å². The van der Waals surface area contributed by atoms with Gasteiger partial charge in [-0.15, -0.1) is 24.0 Å². The molecular formula is C18H31F2IN4. The van der Waals surface area contributed by atoms with Crippen LogP contribution in [0.15, 0.2) is 23.2 Å². The number of halogens is 3. The molecule has 0 aliphatic rings. The summed E-state index contributed by atoms with van der Waals surface area (Å²) in [6.45, 7) is 2.16. The molecule has 0 aliphatic carbocycles. The number of hydrogen-bond donors (Lipinski definition) is 2. The number of hydrogen-bond acceptors (Lipinski definition) is 2. The van der Waals surface area contributed by atoms with Crippen molar-refractivity contribution >= 4 is 29.9 Å². The molecule has 0 fully saturated rings. The Morgan fingerprint density at radius 2 is 1.72 bits per heavy atom. The summed E-state index contributed by atoms with van der Waals surface area (Å²) in [4.78, 5) is 6.30. The van der Waals surface area contributed by atoms with Crippen molar-refractivity contribution in [2.75, 3.05) is 34.2 Å². The van der Waals surface area contributed by atoms with Crippen LogP contribution in [0, 0.1) is 11.6 Å². The second kappa shape index (κ2) is 14.2. The van der Waals surface area contributed by atoms with Crippen LogP contribution in [-0.2, 0) is 6.54 Å². The summed E-state index contributed by atoms with van der Waals surface area (Å²) >= 11 is 0. The summed E-state index contributed by atoms with van der Waals surface area (Å²) < 4.78 is 26.7. The lowest BCUT2D eigenvalue weighted by molar-refractivity contribution is 0.389. The van der Waals surface area contributed by atoms with Gasteiger partial charge in [0.05, 0.1) is 0 Å². The maximum absolute atomic E-state index is 13.6. The van der Waals surface area contributed by atoms with Crippen LogP contribution >= 0.6 is 24.0 Å². The molecule has 2 N–H and O–H groups in total. The molecule has 0 spiro atoms. The maximum atomic E-state index is 13.6. The highest BCUT2D eigenvalue weighted by atomic mass is 127. The molecule has 0 unspecified atom stereocenters. The second-order valence-corrected chi connectivity index (χ2v) is 6.16. The molecule has 144 valence electrons. The van der Waals surface area contributed by atoms with Gasteiger partial charge in [0, 0.05) is 25.7 Å². The van der Waals surface area contributed by atoms with E-state index in [-0.39, 0.29) is 30.5 Å². The SMILES string of the molecule is CN=C(NCCCCCCCN(C)C)NCc1cc(F)ccc1F.I. The first-order valence-corrected chi connectivity index (χ1v) is 8.56.